The normalized spacial score (nSPS) is 16.6. The average Bonchev–Trinajstić information content (AvgIpc) is 3.67. The minimum absolute atomic E-state index is 0.618. The zero-order valence-electron chi connectivity index (χ0n) is 20.1. The lowest BCUT2D eigenvalue weighted by molar-refractivity contribution is 0.640. The summed E-state index contributed by atoms with van der Waals surface area (Å²) in [7, 11) is 0. The molecule has 8 nitrogen and oxygen atoms in total. The molecular formula is C29H24N8. The summed E-state index contributed by atoms with van der Waals surface area (Å²) in [6.07, 6.45) is 1.89. The van der Waals surface area contributed by atoms with Crippen molar-refractivity contribution in [2.45, 2.75) is 12.6 Å². The Kier molecular flexibility index (Phi) is 4.64. The summed E-state index contributed by atoms with van der Waals surface area (Å²) >= 11 is 0. The first-order valence-electron chi connectivity index (χ1n) is 12.1. The second-order valence-corrected chi connectivity index (χ2v) is 9.20. The Morgan fingerprint density at radius 2 is 1.43 bits per heavy atom. The number of imidazole rings is 2. The lowest BCUT2D eigenvalue weighted by atomic mass is 9.97. The van der Waals surface area contributed by atoms with E-state index in [1.54, 1.807) is 4.68 Å². The van der Waals surface area contributed by atoms with Crippen molar-refractivity contribution < 1.29 is 0 Å². The maximum Gasteiger partial charge on any atom is 0.195 e. The molecule has 4 N–H and O–H groups in total. The van der Waals surface area contributed by atoms with Crippen molar-refractivity contribution in [3.8, 4) is 22.5 Å². The highest BCUT2D eigenvalue weighted by atomic mass is 15.5. The van der Waals surface area contributed by atoms with Crippen LogP contribution in [0, 0.1) is 6.92 Å². The molecule has 1 unspecified atom stereocenters. The summed E-state index contributed by atoms with van der Waals surface area (Å²) in [5, 5.41) is 12.0. The number of hydrogen-bond acceptors (Lipinski definition) is 5. The van der Waals surface area contributed by atoms with E-state index in [1.807, 2.05) is 103 Å². The van der Waals surface area contributed by atoms with Crippen LogP contribution in [0.1, 0.15) is 17.1 Å². The zero-order valence-corrected chi connectivity index (χ0v) is 20.1. The smallest absolute Gasteiger partial charge is 0.195 e. The van der Waals surface area contributed by atoms with Crippen molar-refractivity contribution in [1.82, 2.24) is 24.3 Å². The minimum Gasteiger partial charge on any atom is -0.339 e. The molecule has 0 saturated heterocycles. The summed E-state index contributed by atoms with van der Waals surface area (Å²) in [6.45, 7) is 1.94. The maximum absolute atomic E-state index is 7.23. The molecular weight excluding hydrogens is 460 g/mol. The predicted octanol–water partition coefficient (Wildman–Crippen LogP) is 4.99. The van der Waals surface area contributed by atoms with Crippen LogP contribution in [0.5, 0.6) is 0 Å². The average molecular weight is 485 g/mol. The number of benzene rings is 3. The van der Waals surface area contributed by atoms with Gasteiger partial charge >= 0.3 is 0 Å². The number of anilines is 1. The molecule has 6 aromatic rings. The molecule has 7 rings (SSSR count). The highest BCUT2D eigenvalue weighted by molar-refractivity contribution is 6.10. The van der Waals surface area contributed by atoms with Crippen molar-refractivity contribution >= 4 is 17.2 Å². The van der Waals surface area contributed by atoms with E-state index < -0.39 is 5.66 Å². The van der Waals surface area contributed by atoms with E-state index in [2.05, 4.69) is 22.5 Å². The van der Waals surface area contributed by atoms with Crippen LogP contribution >= 0.6 is 0 Å². The van der Waals surface area contributed by atoms with Gasteiger partial charge in [0, 0.05) is 17.2 Å². The molecule has 8 heteroatoms. The van der Waals surface area contributed by atoms with Gasteiger partial charge in [-0.15, -0.1) is 0 Å². The molecule has 0 fully saturated rings. The highest BCUT2D eigenvalue weighted by Crippen LogP contribution is 2.36. The summed E-state index contributed by atoms with van der Waals surface area (Å²) < 4.78 is 3.70. The van der Waals surface area contributed by atoms with E-state index in [0.29, 0.717) is 11.5 Å². The SMILES string of the molecule is Cc1cn2c(n1)C(N)(Nc1c(-c3ccccc3)nc3cc(-c4ccccc4)[nH]n13)C(c1ccccc1)=N2. The minimum atomic E-state index is -1.20. The van der Waals surface area contributed by atoms with Crippen LogP contribution < -0.4 is 11.1 Å². The number of aromatic amines is 1. The number of nitrogens with one attached hydrogen (secondary N) is 2. The molecule has 3 aromatic carbocycles. The molecule has 1 aliphatic rings. The van der Waals surface area contributed by atoms with Crippen LogP contribution in [0.2, 0.25) is 0 Å². The molecule has 37 heavy (non-hydrogen) atoms. The van der Waals surface area contributed by atoms with Crippen molar-refractivity contribution in [3.63, 3.8) is 0 Å². The van der Waals surface area contributed by atoms with Gasteiger partial charge < -0.3 is 5.32 Å². The molecule has 0 radical (unpaired) electrons. The zero-order chi connectivity index (χ0) is 25.0. The number of fused-ring (bicyclic) bond motifs is 2. The van der Waals surface area contributed by atoms with Gasteiger partial charge in [-0.1, -0.05) is 91.0 Å². The first kappa shape index (κ1) is 21.3. The highest BCUT2D eigenvalue weighted by Gasteiger charge is 2.45. The van der Waals surface area contributed by atoms with Gasteiger partial charge in [0.2, 0.25) is 0 Å². The van der Waals surface area contributed by atoms with Crippen molar-refractivity contribution in [3.05, 3.63) is 120 Å². The molecule has 0 amide bonds. The molecule has 0 spiro atoms. The lowest BCUT2D eigenvalue weighted by Gasteiger charge is -2.27. The number of nitrogens with two attached hydrogens (primary N) is 1. The van der Waals surface area contributed by atoms with Gasteiger partial charge in [0.05, 0.1) is 17.6 Å². The largest absolute Gasteiger partial charge is 0.339 e. The number of hydrogen-bond donors (Lipinski definition) is 3. The number of aryl methyl sites for hydroxylation is 1. The molecule has 4 heterocycles. The van der Waals surface area contributed by atoms with Crippen LogP contribution in [-0.4, -0.2) is 30.0 Å². The van der Waals surface area contributed by atoms with Crippen LogP contribution in [-0.2, 0) is 5.66 Å². The fraction of sp³-hybridized carbons (Fsp3) is 0.0690. The van der Waals surface area contributed by atoms with Gasteiger partial charge in [0.1, 0.15) is 11.4 Å². The molecule has 1 aliphatic heterocycles. The number of aromatic nitrogens is 5. The standard InChI is InChI=1S/C29H24N8/c1-19-18-36-28(31-19)29(30,26(35-36)22-15-9-4-10-16-22)33-27-25(21-13-7-3-8-14-21)32-24-17-23(34-37(24)27)20-11-5-2-6-12-20/h2-18,33-34H,30H2,1H3. The Hall–Kier alpha value is -4.95. The third-order valence-electron chi connectivity index (χ3n) is 6.65. The van der Waals surface area contributed by atoms with Gasteiger partial charge in [-0.25, -0.2) is 19.2 Å². The third-order valence-corrected chi connectivity index (χ3v) is 6.65. The molecule has 0 aliphatic carbocycles. The van der Waals surface area contributed by atoms with E-state index in [9.17, 15) is 0 Å². The van der Waals surface area contributed by atoms with Crippen molar-refractivity contribution in [2.75, 3.05) is 5.32 Å². The molecule has 0 bridgehead atoms. The van der Waals surface area contributed by atoms with Gasteiger partial charge in [0.15, 0.2) is 23.0 Å². The number of nitrogens with zero attached hydrogens (tertiary/aromatic N) is 5. The van der Waals surface area contributed by atoms with E-state index in [0.717, 1.165) is 45.2 Å². The van der Waals surface area contributed by atoms with Crippen molar-refractivity contribution in [1.29, 1.82) is 0 Å². The van der Waals surface area contributed by atoms with E-state index in [4.69, 9.17) is 20.8 Å². The van der Waals surface area contributed by atoms with E-state index in [1.165, 1.54) is 0 Å². The molecule has 1 atom stereocenters. The van der Waals surface area contributed by atoms with Gasteiger partial charge in [-0.05, 0) is 12.5 Å². The van der Waals surface area contributed by atoms with E-state index in [-0.39, 0.29) is 0 Å². The quantitative estimate of drug-likeness (QED) is 0.300. The monoisotopic (exact) mass is 484 g/mol. The van der Waals surface area contributed by atoms with Crippen LogP contribution in [0.3, 0.4) is 0 Å². The predicted molar refractivity (Wildman–Crippen MR) is 145 cm³/mol. The second-order valence-electron chi connectivity index (χ2n) is 9.20. The number of H-pyrrole nitrogens is 1. The van der Waals surface area contributed by atoms with E-state index >= 15 is 0 Å². The Balaban J connectivity index is 1.43. The van der Waals surface area contributed by atoms with Gasteiger partial charge in [0.25, 0.3) is 0 Å². The van der Waals surface area contributed by atoms with Crippen LogP contribution in [0.4, 0.5) is 5.82 Å². The second kappa shape index (κ2) is 8.04. The third kappa shape index (κ3) is 3.38. The Bertz CT molecular complexity index is 1760. The first-order valence-corrected chi connectivity index (χ1v) is 12.1. The maximum atomic E-state index is 7.23. The summed E-state index contributed by atoms with van der Waals surface area (Å²) in [4.78, 5) is 9.76. The van der Waals surface area contributed by atoms with Crippen LogP contribution in [0.15, 0.2) is 108 Å². The first-order chi connectivity index (χ1) is 18.1. The van der Waals surface area contributed by atoms with Gasteiger partial charge in [-0.2, -0.15) is 5.10 Å². The summed E-state index contributed by atoms with van der Waals surface area (Å²) in [5.41, 5.74) is 13.0. The summed E-state index contributed by atoms with van der Waals surface area (Å²) in [5.74, 6) is 1.34. The van der Waals surface area contributed by atoms with Crippen molar-refractivity contribution in [2.24, 2.45) is 10.8 Å². The molecule has 180 valence electrons. The van der Waals surface area contributed by atoms with Gasteiger partial charge in [-0.3, -0.25) is 10.8 Å². The number of rotatable bonds is 5. The summed E-state index contributed by atoms with van der Waals surface area (Å²) in [6, 6.07) is 32.3. The van der Waals surface area contributed by atoms with Crippen LogP contribution in [0.25, 0.3) is 28.2 Å². The molecule has 3 aromatic heterocycles. The lowest BCUT2D eigenvalue weighted by Crippen LogP contribution is -2.51. The fourth-order valence-corrected chi connectivity index (χ4v) is 4.91. The molecule has 0 saturated carbocycles. The Morgan fingerprint density at radius 3 is 2.11 bits per heavy atom. The fourth-order valence-electron chi connectivity index (χ4n) is 4.91. The topological polar surface area (TPSA) is 101 Å². The Morgan fingerprint density at radius 1 is 0.811 bits per heavy atom. The Labute approximate surface area is 213 Å².